The molecule has 1 aliphatic rings. The van der Waals surface area contributed by atoms with Crippen molar-refractivity contribution in [2.24, 2.45) is 7.05 Å². The number of rotatable bonds is 7. The number of aromatic amines is 1. The maximum Gasteiger partial charge on any atom is 0.338 e. The molecule has 0 spiro atoms. The highest BCUT2D eigenvalue weighted by Crippen LogP contribution is 2.34. The molecule has 0 amide bonds. The Morgan fingerprint density at radius 2 is 2.03 bits per heavy atom. The summed E-state index contributed by atoms with van der Waals surface area (Å²) in [7, 11) is -1.80. The number of benzene rings is 1. The molecule has 3 aromatic rings. The number of sulfonamides is 1. The van der Waals surface area contributed by atoms with Gasteiger partial charge in [0, 0.05) is 19.6 Å². The molecule has 0 bridgehead atoms. The fourth-order valence-electron chi connectivity index (χ4n) is 4.39. The van der Waals surface area contributed by atoms with Gasteiger partial charge in [0.25, 0.3) is 5.56 Å². The van der Waals surface area contributed by atoms with E-state index in [0.29, 0.717) is 24.5 Å². The molecule has 2 aromatic heterocycles. The maximum absolute atomic E-state index is 12.7. The Bertz CT molecular complexity index is 1500. The zero-order valence-electron chi connectivity index (χ0n) is 19.5. The maximum atomic E-state index is 12.7. The molecule has 0 aliphatic carbocycles. The van der Waals surface area contributed by atoms with Crippen molar-refractivity contribution in [2.75, 3.05) is 10.6 Å². The number of esters is 1. The number of H-pyrrole nitrogens is 1. The van der Waals surface area contributed by atoms with Gasteiger partial charge in [-0.3, -0.25) is 18.7 Å². The standard InChI is InChI=1S/C22H27N5O6S/c1-5-6-9-26-19-18(20(28)24-22(26)30)25(3)17(23-19)12-33-21(29)14-7-8-16-15(11-14)10-13(2)27(16)34(4,31)32/h7-8,11,13H,5-6,9-10,12H2,1-4H3,(H,24,28,30). The van der Waals surface area contributed by atoms with E-state index in [0.717, 1.165) is 24.7 Å². The first kappa shape index (κ1) is 23.7. The summed E-state index contributed by atoms with van der Waals surface area (Å²) in [6, 6.07) is 4.54. The largest absolute Gasteiger partial charge is 0.454 e. The monoisotopic (exact) mass is 489 g/mol. The van der Waals surface area contributed by atoms with Gasteiger partial charge in [-0.25, -0.2) is 23.0 Å². The Labute approximate surface area is 196 Å². The van der Waals surface area contributed by atoms with Crippen LogP contribution in [0.15, 0.2) is 27.8 Å². The molecule has 34 heavy (non-hydrogen) atoms. The number of hydrogen-bond donors (Lipinski definition) is 1. The molecule has 0 radical (unpaired) electrons. The molecule has 0 fully saturated rings. The van der Waals surface area contributed by atoms with Crippen LogP contribution in [-0.4, -0.2) is 45.8 Å². The molecule has 1 aromatic carbocycles. The second kappa shape index (κ2) is 8.75. The predicted octanol–water partition coefficient (Wildman–Crippen LogP) is 1.29. The van der Waals surface area contributed by atoms with Crippen LogP contribution >= 0.6 is 0 Å². The number of anilines is 1. The van der Waals surface area contributed by atoms with Crippen LogP contribution in [0.1, 0.15) is 48.4 Å². The Morgan fingerprint density at radius 3 is 2.71 bits per heavy atom. The van der Waals surface area contributed by atoms with Gasteiger partial charge < -0.3 is 9.30 Å². The zero-order valence-corrected chi connectivity index (χ0v) is 20.3. The van der Waals surface area contributed by atoms with E-state index in [2.05, 4.69) is 9.97 Å². The molecule has 1 atom stereocenters. The van der Waals surface area contributed by atoms with Crippen LogP contribution in [0.5, 0.6) is 0 Å². The number of carbonyl (C=O) groups is 1. The second-order valence-corrected chi connectivity index (χ2v) is 10.4. The SMILES string of the molecule is CCCCn1c(=O)[nH]c(=O)c2c1nc(COC(=O)c1ccc3c(c1)CC(C)N3S(C)(=O)=O)n2C. The van der Waals surface area contributed by atoms with E-state index in [1.54, 1.807) is 19.2 Å². The molecule has 1 N–H and O–H groups in total. The Balaban J connectivity index is 1.58. The van der Waals surface area contributed by atoms with Gasteiger partial charge >= 0.3 is 11.7 Å². The molecule has 0 saturated carbocycles. The number of hydrogen-bond acceptors (Lipinski definition) is 7. The normalized spacial score (nSPS) is 15.6. The van der Waals surface area contributed by atoms with E-state index >= 15 is 0 Å². The van der Waals surface area contributed by atoms with Crippen molar-refractivity contribution in [1.29, 1.82) is 0 Å². The van der Waals surface area contributed by atoms with Crippen LogP contribution in [0.3, 0.4) is 0 Å². The predicted molar refractivity (Wildman–Crippen MR) is 127 cm³/mol. The van der Waals surface area contributed by atoms with Crippen molar-refractivity contribution in [3.8, 4) is 0 Å². The molecule has 3 heterocycles. The van der Waals surface area contributed by atoms with Crippen LogP contribution in [0.2, 0.25) is 0 Å². The molecule has 182 valence electrons. The molecular weight excluding hydrogens is 462 g/mol. The Kier molecular flexibility index (Phi) is 6.11. The third-order valence-corrected chi connectivity index (χ3v) is 7.27. The summed E-state index contributed by atoms with van der Waals surface area (Å²) in [5.74, 6) is -0.277. The van der Waals surface area contributed by atoms with E-state index < -0.39 is 27.2 Å². The van der Waals surface area contributed by atoms with Crippen LogP contribution in [0, 0.1) is 0 Å². The summed E-state index contributed by atoms with van der Waals surface area (Å²) < 4.78 is 33.9. The number of nitrogens with one attached hydrogen (secondary N) is 1. The number of carbonyl (C=O) groups excluding carboxylic acids is 1. The van der Waals surface area contributed by atoms with E-state index in [-0.39, 0.29) is 29.4 Å². The number of nitrogens with zero attached hydrogens (tertiary/aromatic N) is 4. The zero-order chi connectivity index (χ0) is 24.8. The van der Waals surface area contributed by atoms with Crippen molar-refractivity contribution in [3.63, 3.8) is 0 Å². The van der Waals surface area contributed by atoms with Crippen molar-refractivity contribution < 1.29 is 17.9 Å². The van der Waals surface area contributed by atoms with Crippen LogP contribution in [0.4, 0.5) is 5.69 Å². The average Bonchev–Trinajstić information content (AvgIpc) is 3.27. The lowest BCUT2D eigenvalue weighted by Gasteiger charge is -2.21. The third-order valence-electron chi connectivity index (χ3n) is 6.00. The highest BCUT2D eigenvalue weighted by molar-refractivity contribution is 7.92. The van der Waals surface area contributed by atoms with Crippen LogP contribution < -0.4 is 15.6 Å². The summed E-state index contributed by atoms with van der Waals surface area (Å²) in [6.07, 6.45) is 3.26. The number of fused-ring (bicyclic) bond motifs is 2. The lowest BCUT2D eigenvalue weighted by atomic mass is 10.1. The summed E-state index contributed by atoms with van der Waals surface area (Å²) in [6.45, 7) is 4.02. The Hall–Kier alpha value is -3.41. The third kappa shape index (κ3) is 4.13. The van der Waals surface area contributed by atoms with Crippen LogP contribution in [-0.2, 0) is 41.4 Å². The number of aryl methyl sites for hydroxylation is 2. The molecule has 11 nitrogen and oxygen atoms in total. The van der Waals surface area contributed by atoms with Crippen molar-refractivity contribution in [1.82, 2.24) is 19.1 Å². The smallest absolute Gasteiger partial charge is 0.338 e. The molecule has 4 rings (SSSR count). The minimum atomic E-state index is -3.42. The summed E-state index contributed by atoms with van der Waals surface area (Å²) >= 11 is 0. The lowest BCUT2D eigenvalue weighted by molar-refractivity contribution is 0.0459. The average molecular weight is 490 g/mol. The number of ether oxygens (including phenoxy) is 1. The van der Waals surface area contributed by atoms with Gasteiger partial charge in [0.15, 0.2) is 11.2 Å². The minimum Gasteiger partial charge on any atom is -0.454 e. The van der Waals surface area contributed by atoms with E-state index in [4.69, 9.17) is 4.74 Å². The lowest BCUT2D eigenvalue weighted by Crippen LogP contribution is -2.34. The van der Waals surface area contributed by atoms with E-state index in [9.17, 15) is 22.8 Å². The first-order valence-electron chi connectivity index (χ1n) is 11.0. The van der Waals surface area contributed by atoms with Crippen molar-refractivity contribution in [3.05, 3.63) is 56.0 Å². The van der Waals surface area contributed by atoms with Gasteiger partial charge in [-0.2, -0.15) is 0 Å². The minimum absolute atomic E-state index is 0.200. The van der Waals surface area contributed by atoms with Gasteiger partial charge in [-0.05, 0) is 43.5 Å². The molecule has 1 aliphatic heterocycles. The topological polar surface area (TPSA) is 136 Å². The van der Waals surface area contributed by atoms with Crippen molar-refractivity contribution >= 4 is 32.8 Å². The Morgan fingerprint density at radius 1 is 1.29 bits per heavy atom. The second-order valence-electron chi connectivity index (χ2n) is 8.56. The first-order chi connectivity index (χ1) is 16.0. The van der Waals surface area contributed by atoms with Gasteiger partial charge in [0.05, 0.1) is 17.5 Å². The quantitative estimate of drug-likeness (QED) is 0.494. The van der Waals surface area contributed by atoms with Crippen LogP contribution in [0.25, 0.3) is 11.2 Å². The molecule has 12 heteroatoms. The number of imidazole rings is 1. The fraction of sp³-hybridized carbons (Fsp3) is 0.455. The van der Waals surface area contributed by atoms with Gasteiger partial charge in [0.2, 0.25) is 10.0 Å². The first-order valence-corrected chi connectivity index (χ1v) is 12.9. The molecule has 0 saturated heterocycles. The van der Waals surface area contributed by atoms with Gasteiger partial charge in [-0.1, -0.05) is 13.3 Å². The summed E-state index contributed by atoms with van der Waals surface area (Å²) in [4.78, 5) is 44.1. The highest BCUT2D eigenvalue weighted by Gasteiger charge is 2.33. The number of unbranched alkanes of at least 4 members (excludes halogenated alkanes) is 1. The highest BCUT2D eigenvalue weighted by atomic mass is 32.2. The van der Waals surface area contributed by atoms with E-state index in [1.807, 2.05) is 13.8 Å². The fourth-order valence-corrected chi connectivity index (χ4v) is 5.66. The molecule has 1 unspecified atom stereocenters. The molecular formula is C22H27N5O6S. The summed E-state index contributed by atoms with van der Waals surface area (Å²) in [5.41, 5.74) is 1.01. The van der Waals surface area contributed by atoms with Gasteiger partial charge in [0.1, 0.15) is 12.4 Å². The summed E-state index contributed by atoms with van der Waals surface area (Å²) in [5, 5.41) is 0. The van der Waals surface area contributed by atoms with E-state index in [1.165, 1.54) is 19.5 Å². The number of aromatic nitrogens is 4. The van der Waals surface area contributed by atoms with Gasteiger partial charge in [-0.15, -0.1) is 0 Å². The van der Waals surface area contributed by atoms with Crippen molar-refractivity contribution in [2.45, 2.75) is 52.3 Å².